The summed E-state index contributed by atoms with van der Waals surface area (Å²) in [5.74, 6) is 1.39. The van der Waals surface area contributed by atoms with Crippen molar-refractivity contribution in [2.75, 3.05) is 26.6 Å². The van der Waals surface area contributed by atoms with Gasteiger partial charge in [0.15, 0.2) is 0 Å². The molecule has 3 rings (SSSR count). The predicted octanol–water partition coefficient (Wildman–Crippen LogP) is 2.98. The summed E-state index contributed by atoms with van der Waals surface area (Å²) < 4.78 is 15.7. The summed E-state index contributed by atoms with van der Waals surface area (Å²) in [4.78, 5) is 25.2. The summed E-state index contributed by atoms with van der Waals surface area (Å²) in [5.41, 5.74) is 2.11. The first-order valence-corrected chi connectivity index (χ1v) is 8.92. The van der Waals surface area contributed by atoms with Crippen molar-refractivity contribution in [2.45, 2.75) is 13.0 Å². The number of amides is 3. The minimum atomic E-state index is -0.612. The van der Waals surface area contributed by atoms with Gasteiger partial charge in [0.05, 0.1) is 38.6 Å². The molecule has 3 N–H and O–H groups in total. The van der Waals surface area contributed by atoms with Gasteiger partial charge in [0.2, 0.25) is 0 Å². The highest BCUT2D eigenvalue weighted by Crippen LogP contribution is 2.32. The molecular formula is C21H23N3O5. The van der Waals surface area contributed by atoms with E-state index in [4.69, 9.17) is 14.2 Å². The van der Waals surface area contributed by atoms with E-state index in [0.717, 1.165) is 5.56 Å². The van der Waals surface area contributed by atoms with E-state index >= 15 is 0 Å². The van der Waals surface area contributed by atoms with Crippen LogP contribution in [0.15, 0.2) is 53.7 Å². The Morgan fingerprint density at radius 2 is 1.62 bits per heavy atom. The second-order valence-electron chi connectivity index (χ2n) is 6.36. The van der Waals surface area contributed by atoms with Gasteiger partial charge in [-0.3, -0.25) is 4.79 Å². The lowest BCUT2D eigenvalue weighted by atomic mass is 9.94. The van der Waals surface area contributed by atoms with Crippen LogP contribution in [0.4, 0.5) is 10.5 Å². The SMILES string of the molecule is COc1ccc(C2NC(=O)NC(C)=C2C(=O)Nc2ccc(OC)cc2OC)cc1. The van der Waals surface area contributed by atoms with Crippen molar-refractivity contribution in [1.29, 1.82) is 0 Å². The van der Waals surface area contributed by atoms with Gasteiger partial charge in [0, 0.05) is 11.8 Å². The minimum absolute atomic E-state index is 0.362. The monoisotopic (exact) mass is 397 g/mol. The smallest absolute Gasteiger partial charge is 0.319 e. The van der Waals surface area contributed by atoms with Crippen LogP contribution in [0.5, 0.6) is 17.2 Å². The van der Waals surface area contributed by atoms with Crippen LogP contribution in [0, 0.1) is 0 Å². The molecular weight excluding hydrogens is 374 g/mol. The molecule has 8 heteroatoms. The van der Waals surface area contributed by atoms with Gasteiger partial charge in [-0.2, -0.15) is 0 Å². The largest absolute Gasteiger partial charge is 0.497 e. The number of rotatable bonds is 6. The Balaban J connectivity index is 1.93. The lowest BCUT2D eigenvalue weighted by Gasteiger charge is -2.29. The van der Waals surface area contributed by atoms with E-state index in [0.29, 0.717) is 34.2 Å². The number of carbonyl (C=O) groups is 2. The van der Waals surface area contributed by atoms with E-state index in [9.17, 15) is 9.59 Å². The maximum absolute atomic E-state index is 13.1. The molecule has 1 atom stereocenters. The van der Waals surface area contributed by atoms with Crippen LogP contribution >= 0.6 is 0 Å². The molecule has 0 aliphatic carbocycles. The Bertz CT molecular complexity index is 953. The third kappa shape index (κ3) is 4.26. The molecule has 2 aromatic carbocycles. The fourth-order valence-electron chi connectivity index (χ4n) is 3.13. The van der Waals surface area contributed by atoms with Gasteiger partial charge in [-0.25, -0.2) is 4.79 Å². The fourth-order valence-corrected chi connectivity index (χ4v) is 3.13. The highest BCUT2D eigenvalue weighted by molar-refractivity contribution is 6.07. The van der Waals surface area contributed by atoms with Crippen LogP contribution in [0.1, 0.15) is 18.5 Å². The van der Waals surface area contributed by atoms with E-state index < -0.39 is 6.04 Å². The highest BCUT2D eigenvalue weighted by Gasteiger charge is 2.31. The number of nitrogens with one attached hydrogen (secondary N) is 3. The molecule has 29 heavy (non-hydrogen) atoms. The van der Waals surface area contributed by atoms with Gasteiger partial charge in [-0.15, -0.1) is 0 Å². The van der Waals surface area contributed by atoms with Gasteiger partial charge >= 0.3 is 6.03 Å². The summed E-state index contributed by atoms with van der Waals surface area (Å²) in [6.07, 6.45) is 0. The van der Waals surface area contributed by atoms with Gasteiger partial charge in [0.1, 0.15) is 17.2 Å². The average Bonchev–Trinajstić information content (AvgIpc) is 2.73. The van der Waals surface area contributed by atoms with Crippen molar-refractivity contribution in [1.82, 2.24) is 10.6 Å². The molecule has 1 aliphatic rings. The van der Waals surface area contributed by atoms with Gasteiger partial charge in [0.25, 0.3) is 5.91 Å². The number of benzene rings is 2. The van der Waals surface area contributed by atoms with Crippen molar-refractivity contribution in [3.63, 3.8) is 0 Å². The maximum atomic E-state index is 13.1. The first-order chi connectivity index (χ1) is 14.0. The number of allylic oxidation sites excluding steroid dienone is 1. The van der Waals surface area contributed by atoms with Gasteiger partial charge in [-0.05, 0) is 36.8 Å². The summed E-state index contributed by atoms with van der Waals surface area (Å²) in [6.45, 7) is 1.69. The molecule has 0 aromatic heterocycles. The Morgan fingerprint density at radius 1 is 0.966 bits per heavy atom. The molecule has 1 heterocycles. The topological polar surface area (TPSA) is 97.9 Å². The summed E-state index contributed by atoms with van der Waals surface area (Å²) in [5, 5.41) is 8.32. The standard InChI is InChI=1S/C21H23N3O5/c1-12-18(20(25)23-16-10-9-15(28-3)11-17(16)29-4)19(24-21(26)22-12)13-5-7-14(27-2)8-6-13/h5-11,19H,1-4H3,(H,23,25)(H2,22,24,26). The highest BCUT2D eigenvalue weighted by atomic mass is 16.5. The van der Waals surface area contributed by atoms with Crippen molar-refractivity contribution in [3.05, 3.63) is 59.3 Å². The number of anilines is 1. The minimum Gasteiger partial charge on any atom is -0.497 e. The van der Waals surface area contributed by atoms with Crippen LogP contribution in [0.3, 0.4) is 0 Å². The number of methoxy groups -OCH3 is 3. The molecule has 0 spiro atoms. The molecule has 1 aliphatic heterocycles. The third-order valence-electron chi connectivity index (χ3n) is 4.62. The molecule has 1 unspecified atom stereocenters. The summed E-state index contributed by atoms with van der Waals surface area (Å²) in [6, 6.07) is 11.3. The number of ether oxygens (including phenoxy) is 3. The van der Waals surface area contributed by atoms with E-state index in [1.165, 1.54) is 7.11 Å². The first kappa shape index (κ1) is 20.1. The van der Waals surface area contributed by atoms with Gasteiger partial charge in [-0.1, -0.05) is 12.1 Å². The molecule has 8 nitrogen and oxygen atoms in total. The number of hydrogen-bond donors (Lipinski definition) is 3. The second kappa shape index (κ2) is 8.55. The number of carbonyl (C=O) groups excluding carboxylic acids is 2. The molecule has 0 bridgehead atoms. The third-order valence-corrected chi connectivity index (χ3v) is 4.62. The zero-order valence-electron chi connectivity index (χ0n) is 16.7. The molecule has 3 amide bonds. The van der Waals surface area contributed by atoms with Gasteiger partial charge < -0.3 is 30.2 Å². The molecule has 2 aromatic rings. The summed E-state index contributed by atoms with van der Waals surface area (Å²) >= 11 is 0. The molecule has 0 radical (unpaired) electrons. The van der Waals surface area contributed by atoms with Crippen LogP contribution in [0.25, 0.3) is 0 Å². The maximum Gasteiger partial charge on any atom is 0.319 e. The van der Waals surface area contributed by atoms with Crippen LogP contribution in [-0.2, 0) is 4.79 Å². The van der Waals surface area contributed by atoms with Crippen LogP contribution in [0.2, 0.25) is 0 Å². The van der Waals surface area contributed by atoms with Crippen molar-refractivity contribution >= 4 is 17.6 Å². The molecule has 0 saturated carbocycles. The Morgan fingerprint density at radius 3 is 2.24 bits per heavy atom. The van der Waals surface area contributed by atoms with E-state index in [1.54, 1.807) is 51.5 Å². The van der Waals surface area contributed by atoms with Crippen molar-refractivity contribution < 1.29 is 23.8 Å². The average molecular weight is 397 g/mol. The second-order valence-corrected chi connectivity index (χ2v) is 6.36. The van der Waals surface area contributed by atoms with Crippen molar-refractivity contribution in [2.24, 2.45) is 0 Å². The number of hydrogen-bond acceptors (Lipinski definition) is 5. The van der Waals surface area contributed by atoms with E-state index in [-0.39, 0.29) is 11.9 Å². The summed E-state index contributed by atoms with van der Waals surface area (Å²) in [7, 11) is 4.64. The fraction of sp³-hybridized carbons (Fsp3) is 0.238. The molecule has 152 valence electrons. The zero-order valence-corrected chi connectivity index (χ0v) is 16.7. The van der Waals surface area contributed by atoms with Crippen molar-refractivity contribution in [3.8, 4) is 17.2 Å². The quantitative estimate of drug-likeness (QED) is 0.696. The molecule has 0 fully saturated rings. The zero-order chi connectivity index (χ0) is 21.0. The number of urea groups is 1. The predicted molar refractivity (Wildman–Crippen MR) is 108 cm³/mol. The Kier molecular flexibility index (Phi) is 5.92. The van der Waals surface area contributed by atoms with Crippen LogP contribution in [-0.4, -0.2) is 33.3 Å². The van der Waals surface area contributed by atoms with E-state index in [1.807, 2.05) is 12.1 Å². The Hall–Kier alpha value is -3.68. The molecule has 0 saturated heterocycles. The lowest BCUT2D eigenvalue weighted by Crippen LogP contribution is -2.45. The Labute approximate surface area is 168 Å². The van der Waals surface area contributed by atoms with E-state index in [2.05, 4.69) is 16.0 Å². The normalized spacial score (nSPS) is 15.9. The lowest BCUT2D eigenvalue weighted by molar-refractivity contribution is -0.113. The first-order valence-electron chi connectivity index (χ1n) is 8.92. The van der Waals surface area contributed by atoms with Crippen LogP contribution < -0.4 is 30.2 Å².